The number of likely N-dealkylation sites (tertiary alicyclic amines) is 1. The van der Waals surface area contributed by atoms with Gasteiger partial charge >= 0.3 is 0 Å². The summed E-state index contributed by atoms with van der Waals surface area (Å²) in [4.78, 5) is 9.76. The number of nitrogens with zero attached hydrogens (tertiary/aromatic N) is 4. The fraction of sp³-hybridized carbons (Fsp3) is 0.375. The normalized spacial score (nSPS) is 17.5. The lowest BCUT2D eigenvalue weighted by Crippen LogP contribution is -2.42. The van der Waals surface area contributed by atoms with E-state index in [0.717, 1.165) is 67.1 Å². The van der Waals surface area contributed by atoms with E-state index >= 15 is 0 Å². The number of nitrogens with one attached hydrogen (secondary N) is 2. The van der Waals surface area contributed by atoms with Crippen molar-refractivity contribution in [3.05, 3.63) is 82.8 Å². The number of pyridine rings is 1. The summed E-state index contributed by atoms with van der Waals surface area (Å²) in [5.41, 5.74) is 9.47. The van der Waals surface area contributed by atoms with Crippen molar-refractivity contribution in [2.45, 2.75) is 39.3 Å². The topological polar surface area (TPSA) is 60.1 Å². The predicted octanol–water partition coefficient (Wildman–Crippen LogP) is 5.49. The molecule has 6 rings (SSSR count). The highest BCUT2D eigenvalue weighted by molar-refractivity contribution is 5.92. The lowest BCUT2D eigenvalue weighted by atomic mass is 9.98. The van der Waals surface area contributed by atoms with Crippen LogP contribution >= 0.6 is 0 Å². The highest BCUT2D eigenvalue weighted by Gasteiger charge is 2.13. The fourth-order valence-electron chi connectivity index (χ4n) is 5.65. The van der Waals surface area contributed by atoms with Crippen molar-refractivity contribution >= 4 is 23.1 Å². The van der Waals surface area contributed by atoms with Gasteiger partial charge in [-0.15, -0.1) is 0 Å². The minimum absolute atomic E-state index is 0.950. The third-order valence-corrected chi connectivity index (χ3v) is 7.99. The molecule has 0 spiro atoms. The largest absolute Gasteiger partial charge is 0.314 e. The summed E-state index contributed by atoms with van der Waals surface area (Å²) < 4.78 is 0. The summed E-state index contributed by atoms with van der Waals surface area (Å²) in [5, 5.41) is 12.4. The van der Waals surface area contributed by atoms with E-state index in [-0.39, 0.29) is 0 Å². The van der Waals surface area contributed by atoms with Gasteiger partial charge in [-0.25, -0.2) is 0 Å². The van der Waals surface area contributed by atoms with Crippen LogP contribution in [0.25, 0.3) is 34.2 Å². The van der Waals surface area contributed by atoms with Gasteiger partial charge in [0.25, 0.3) is 0 Å². The van der Waals surface area contributed by atoms with Crippen LogP contribution in [0.1, 0.15) is 47.3 Å². The minimum Gasteiger partial charge on any atom is -0.314 e. The molecule has 2 aliphatic rings. The van der Waals surface area contributed by atoms with Gasteiger partial charge in [0, 0.05) is 50.9 Å². The maximum Gasteiger partial charge on any atom is 0.0927 e. The Hall–Kier alpha value is -3.32. The van der Waals surface area contributed by atoms with E-state index in [9.17, 15) is 0 Å². The Morgan fingerprint density at radius 1 is 0.816 bits per heavy atom. The van der Waals surface area contributed by atoms with Gasteiger partial charge in [-0.3, -0.25) is 19.9 Å². The Kier molecular flexibility index (Phi) is 7.63. The minimum atomic E-state index is 0.950. The molecule has 0 amide bonds. The number of piperazine rings is 1. The van der Waals surface area contributed by atoms with Crippen LogP contribution in [0, 0.1) is 6.92 Å². The molecule has 2 N–H and O–H groups in total. The van der Waals surface area contributed by atoms with Gasteiger partial charge in [-0.05, 0) is 84.9 Å². The zero-order valence-electron chi connectivity index (χ0n) is 22.4. The lowest BCUT2D eigenvalue weighted by Gasteiger charge is -2.27. The Labute approximate surface area is 225 Å². The van der Waals surface area contributed by atoms with Crippen molar-refractivity contribution in [1.29, 1.82) is 0 Å². The molecule has 2 saturated heterocycles. The molecule has 2 aromatic heterocycles. The number of H-pyrrole nitrogens is 1. The van der Waals surface area contributed by atoms with E-state index in [1.54, 1.807) is 0 Å². The van der Waals surface area contributed by atoms with Gasteiger partial charge in [0.05, 0.1) is 16.9 Å². The molecule has 0 bridgehead atoms. The van der Waals surface area contributed by atoms with Gasteiger partial charge < -0.3 is 5.32 Å². The zero-order chi connectivity index (χ0) is 25.7. The Morgan fingerprint density at radius 3 is 2.39 bits per heavy atom. The lowest BCUT2D eigenvalue weighted by molar-refractivity contribution is 0.218. The molecule has 6 heteroatoms. The van der Waals surface area contributed by atoms with E-state index in [0.29, 0.717) is 0 Å². The number of benzene rings is 2. The van der Waals surface area contributed by atoms with Crippen LogP contribution in [-0.2, 0) is 13.1 Å². The maximum atomic E-state index is 4.71. The van der Waals surface area contributed by atoms with Gasteiger partial charge in [-0.1, -0.05) is 42.8 Å². The smallest absolute Gasteiger partial charge is 0.0927 e. The van der Waals surface area contributed by atoms with E-state index in [1.165, 1.54) is 54.6 Å². The Balaban J connectivity index is 1.16. The van der Waals surface area contributed by atoms with Crippen LogP contribution in [0.5, 0.6) is 0 Å². The summed E-state index contributed by atoms with van der Waals surface area (Å²) in [6.07, 6.45) is 10.1. The average Bonchev–Trinajstić information content (AvgIpc) is 3.37. The molecule has 6 nitrogen and oxygen atoms in total. The van der Waals surface area contributed by atoms with Crippen LogP contribution < -0.4 is 5.32 Å². The first-order valence-corrected chi connectivity index (χ1v) is 14.1. The molecule has 4 aromatic rings. The molecule has 0 radical (unpaired) electrons. The van der Waals surface area contributed by atoms with Crippen LogP contribution in [0.15, 0.2) is 54.7 Å². The van der Waals surface area contributed by atoms with E-state index in [4.69, 9.17) is 4.98 Å². The fourth-order valence-corrected chi connectivity index (χ4v) is 5.65. The van der Waals surface area contributed by atoms with Crippen LogP contribution in [0.4, 0.5) is 0 Å². The summed E-state index contributed by atoms with van der Waals surface area (Å²) in [5.74, 6) is 0. The second-order valence-corrected chi connectivity index (χ2v) is 10.8. The third-order valence-electron chi connectivity index (χ3n) is 7.99. The molecule has 2 fully saturated rings. The first-order valence-electron chi connectivity index (χ1n) is 14.1. The van der Waals surface area contributed by atoms with Crippen LogP contribution in [-0.4, -0.2) is 64.2 Å². The highest BCUT2D eigenvalue weighted by atomic mass is 15.2. The van der Waals surface area contributed by atoms with Crippen molar-refractivity contribution in [2.75, 3.05) is 39.3 Å². The second-order valence-electron chi connectivity index (χ2n) is 10.8. The maximum absolute atomic E-state index is 4.71. The van der Waals surface area contributed by atoms with Crippen molar-refractivity contribution in [3.8, 4) is 11.1 Å². The van der Waals surface area contributed by atoms with Gasteiger partial charge in [0.15, 0.2) is 0 Å². The molecular formula is C32H38N6. The van der Waals surface area contributed by atoms with E-state index < -0.39 is 0 Å². The first kappa shape index (κ1) is 25.0. The van der Waals surface area contributed by atoms with Crippen molar-refractivity contribution < 1.29 is 0 Å². The number of hydrogen-bond donors (Lipinski definition) is 2. The average molecular weight is 507 g/mol. The zero-order valence-corrected chi connectivity index (χ0v) is 22.4. The van der Waals surface area contributed by atoms with E-state index in [1.807, 2.05) is 6.20 Å². The molecule has 196 valence electrons. The number of rotatable bonds is 7. The van der Waals surface area contributed by atoms with Crippen molar-refractivity contribution in [1.82, 2.24) is 30.3 Å². The number of piperidine rings is 1. The molecule has 0 saturated carbocycles. The van der Waals surface area contributed by atoms with Gasteiger partial charge in [0.1, 0.15) is 0 Å². The summed E-state index contributed by atoms with van der Waals surface area (Å²) in [7, 11) is 0. The number of hydrogen-bond acceptors (Lipinski definition) is 5. The molecule has 0 unspecified atom stereocenters. The monoisotopic (exact) mass is 506 g/mol. The number of aromatic nitrogens is 3. The van der Waals surface area contributed by atoms with Crippen molar-refractivity contribution in [3.63, 3.8) is 0 Å². The molecule has 2 aromatic carbocycles. The summed E-state index contributed by atoms with van der Waals surface area (Å²) in [6.45, 7) is 11.0. The van der Waals surface area contributed by atoms with Gasteiger partial charge in [-0.2, -0.15) is 5.10 Å². The third kappa shape index (κ3) is 5.88. The molecule has 0 aliphatic carbocycles. The number of aromatic amines is 1. The number of aryl methyl sites for hydroxylation is 1. The van der Waals surface area contributed by atoms with Crippen molar-refractivity contribution in [2.24, 2.45) is 0 Å². The van der Waals surface area contributed by atoms with E-state index in [2.05, 4.69) is 92.9 Å². The predicted molar refractivity (Wildman–Crippen MR) is 157 cm³/mol. The quantitative estimate of drug-likeness (QED) is 0.347. The molecule has 38 heavy (non-hydrogen) atoms. The SMILES string of the molecule is Cc1cc(-c2ccc3[nH]nc(/C=C/c4ccc(CN5CCCCC5)nc4)c3c2)ccc1CN1CCNCC1. The summed E-state index contributed by atoms with van der Waals surface area (Å²) in [6, 6.07) is 17.8. The molecule has 2 aliphatic heterocycles. The summed E-state index contributed by atoms with van der Waals surface area (Å²) >= 11 is 0. The Morgan fingerprint density at radius 2 is 1.61 bits per heavy atom. The molecule has 4 heterocycles. The second kappa shape index (κ2) is 11.6. The molecular weight excluding hydrogens is 468 g/mol. The Bertz CT molecular complexity index is 1390. The standard InChI is InChI=1S/C32H38N6/c1-24-19-26(7-8-28(24)22-38-17-13-33-14-18-38)27-9-12-32-30(20-27)31(35-36-32)11-6-25-5-10-29(34-21-25)23-37-15-3-2-4-16-37/h5-12,19-21,33H,2-4,13-18,22-23H2,1H3,(H,35,36)/b11-6+. The molecule has 0 atom stereocenters. The van der Waals surface area contributed by atoms with Crippen LogP contribution in [0.3, 0.4) is 0 Å². The number of fused-ring (bicyclic) bond motifs is 1. The van der Waals surface area contributed by atoms with Gasteiger partial charge in [0.2, 0.25) is 0 Å². The first-order chi connectivity index (χ1) is 18.7. The highest BCUT2D eigenvalue weighted by Crippen LogP contribution is 2.28. The van der Waals surface area contributed by atoms with Crippen LogP contribution in [0.2, 0.25) is 0 Å².